The number of H-pyrrole nitrogens is 1. The summed E-state index contributed by atoms with van der Waals surface area (Å²) in [7, 11) is -4.20. The van der Waals surface area contributed by atoms with Crippen molar-refractivity contribution < 1.29 is 22.7 Å². The first kappa shape index (κ1) is 14.0. The molecule has 3 N–H and O–H groups in total. The molecule has 0 amide bonds. The van der Waals surface area contributed by atoms with E-state index in [2.05, 4.69) is 14.9 Å². The zero-order chi connectivity index (χ0) is 14.9. The van der Waals surface area contributed by atoms with Gasteiger partial charge in [0, 0.05) is 5.56 Å². The van der Waals surface area contributed by atoms with Crippen LogP contribution < -0.4 is 4.72 Å². The lowest BCUT2D eigenvalue weighted by Crippen LogP contribution is -2.17. The number of aromatic carboxylic acids is 1. The van der Waals surface area contributed by atoms with Crippen molar-refractivity contribution in [2.45, 2.75) is 11.9 Å². The third-order valence-electron chi connectivity index (χ3n) is 2.62. The van der Waals surface area contributed by atoms with Crippen LogP contribution in [0.3, 0.4) is 0 Å². The van der Waals surface area contributed by atoms with Crippen molar-refractivity contribution in [2.75, 3.05) is 4.72 Å². The molecule has 1 aromatic carbocycles. The molecule has 9 heteroatoms. The highest BCUT2D eigenvalue weighted by Gasteiger charge is 2.25. The Morgan fingerprint density at radius 1 is 1.45 bits per heavy atom. The SMILES string of the molecule is Cc1c(F)cccc1NS(=O)(=O)c1[nH]ncc1C(=O)O. The van der Waals surface area contributed by atoms with Crippen LogP contribution in [0.25, 0.3) is 0 Å². The van der Waals surface area contributed by atoms with Gasteiger partial charge in [0.2, 0.25) is 0 Å². The van der Waals surface area contributed by atoms with Crippen LogP contribution in [0.1, 0.15) is 15.9 Å². The molecule has 0 saturated carbocycles. The number of carbonyl (C=O) groups is 1. The maximum atomic E-state index is 13.4. The lowest BCUT2D eigenvalue weighted by molar-refractivity contribution is 0.0692. The Morgan fingerprint density at radius 3 is 2.80 bits per heavy atom. The number of aromatic amines is 1. The van der Waals surface area contributed by atoms with Gasteiger partial charge in [-0.2, -0.15) is 13.5 Å². The average molecular weight is 299 g/mol. The number of anilines is 1. The Balaban J connectivity index is 2.44. The van der Waals surface area contributed by atoms with E-state index in [9.17, 15) is 17.6 Å². The number of sulfonamides is 1. The van der Waals surface area contributed by atoms with Gasteiger partial charge in [-0.25, -0.2) is 9.18 Å². The van der Waals surface area contributed by atoms with Gasteiger partial charge >= 0.3 is 5.97 Å². The van der Waals surface area contributed by atoms with Crippen LogP contribution in [0.2, 0.25) is 0 Å². The molecule has 7 nitrogen and oxygen atoms in total. The molecule has 0 atom stereocenters. The number of aromatic nitrogens is 2. The number of nitrogens with one attached hydrogen (secondary N) is 2. The molecule has 0 radical (unpaired) electrons. The molecule has 0 aliphatic carbocycles. The van der Waals surface area contributed by atoms with E-state index in [1.807, 2.05) is 0 Å². The summed E-state index contributed by atoms with van der Waals surface area (Å²) in [6.07, 6.45) is 0.884. The summed E-state index contributed by atoms with van der Waals surface area (Å²) < 4.78 is 39.6. The number of rotatable bonds is 4. The van der Waals surface area contributed by atoms with Gasteiger partial charge in [0.15, 0.2) is 5.03 Å². The third kappa shape index (κ3) is 2.48. The number of nitrogens with zero attached hydrogens (tertiary/aromatic N) is 1. The first-order valence-corrected chi connectivity index (χ1v) is 6.86. The highest BCUT2D eigenvalue weighted by atomic mass is 32.2. The molecular weight excluding hydrogens is 289 g/mol. The maximum absolute atomic E-state index is 13.4. The average Bonchev–Trinajstić information content (AvgIpc) is 2.85. The van der Waals surface area contributed by atoms with E-state index >= 15 is 0 Å². The van der Waals surface area contributed by atoms with Crippen molar-refractivity contribution >= 4 is 21.7 Å². The summed E-state index contributed by atoms with van der Waals surface area (Å²) >= 11 is 0. The summed E-state index contributed by atoms with van der Waals surface area (Å²) in [6.45, 7) is 1.40. The highest BCUT2D eigenvalue weighted by Crippen LogP contribution is 2.22. The fourth-order valence-electron chi connectivity index (χ4n) is 1.55. The van der Waals surface area contributed by atoms with Crippen molar-refractivity contribution in [3.63, 3.8) is 0 Å². The zero-order valence-electron chi connectivity index (χ0n) is 10.2. The highest BCUT2D eigenvalue weighted by molar-refractivity contribution is 7.92. The van der Waals surface area contributed by atoms with Crippen molar-refractivity contribution in [2.24, 2.45) is 0 Å². The van der Waals surface area contributed by atoms with E-state index in [1.165, 1.54) is 25.1 Å². The molecule has 2 rings (SSSR count). The van der Waals surface area contributed by atoms with Gasteiger partial charge in [-0.05, 0) is 19.1 Å². The normalized spacial score (nSPS) is 11.3. The topological polar surface area (TPSA) is 112 Å². The molecule has 2 aromatic rings. The Labute approximate surface area is 113 Å². The zero-order valence-corrected chi connectivity index (χ0v) is 11.0. The second-order valence-corrected chi connectivity index (χ2v) is 5.56. The number of halogens is 1. The predicted molar refractivity (Wildman–Crippen MR) is 67.5 cm³/mol. The predicted octanol–water partition coefficient (Wildman–Crippen LogP) is 1.36. The molecule has 20 heavy (non-hydrogen) atoms. The monoisotopic (exact) mass is 299 g/mol. The molecular formula is C11H10FN3O4S. The molecule has 0 fully saturated rings. The van der Waals surface area contributed by atoms with Crippen molar-refractivity contribution in [1.29, 1.82) is 0 Å². The van der Waals surface area contributed by atoms with Gasteiger partial charge < -0.3 is 5.11 Å². The molecule has 106 valence electrons. The van der Waals surface area contributed by atoms with Crippen LogP contribution in [-0.4, -0.2) is 29.7 Å². The van der Waals surface area contributed by atoms with E-state index < -0.39 is 32.4 Å². The van der Waals surface area contributed by atoms with Gasteiger partial charge in [-0.3, -0.25) is 9.82 Å². The minimum absolute atomic E-state index is 0.0240. The molecule has 0 aliphatic rings. The van der Waals surface area contributed by atoms with Crippen LogP contribution >= 0.6 is 0 Å². The van der Waals surface area contributed by atoms with Crippen LogP contribution in [0.4, 0.5) is 10.1 Å². The third-order valence-corrected chi connectivity index (χ3v) is 3.95. The molecule has 0 spiro atoms. The van der Waals surface area contributed by atoms with Gasteiger partial charge in [0.25, 0.3) is 10.0 Å². The van der Waals surface area contributed by atoms with Crippen LogP contribution in [0.5, 0.6) is 0 Å². The Bertz CT molecular complexity index is 770. The van der Waals surface area contributed by atoms with Crippen LogP contribution in [0.15, 0.2) is 29.4 Å². The molecule has 0 bridgehead atoms. The van der Waals surface area contributed by atoms with Crippen molar-refractivity contribution in [1.82, 2.24) is 10.2 Å². The fraction of sp³-hybridized carbons (Fsp3) is 0.0909. The summed E-state index contributed by atoms with van der Waals surface area (Å²) in [5.41, 5.74) is -0.366. The molecule has 0 aliphatic heterocycles. The minimum Gasteiger partial charge on any atom is -0.478 e. The maximum Gasteiger partial charge on any atom is 0.340 e. The van der Waals surface area contributed by atoms with Gasteiger partial charge in [0.05, 0.1) is 11.9 Å². The van der Waals surface area contributed by atoms with E-state index in [4.69, 9.17) is 5.11 Å². The van der Waals surface area contributed by atoms with Gasteiger partial charge in [0.1, 0.15) is 11.4 Å². The van der Waals surface area contributed by atoms with Gasteiger partial charge in [-0.1, -0.05) is 6.07 Å². The molecule has 1 aromatic heterocycles. The quantitative estimate of drug-likeness (QED) is 0.789. The second kappa shape index (κ2) is 4.93. The summed E-state index contributed by atoms with van der Waals surface area (Å²) in [5.74, 6) is -2.01. The van der Waals surface area contributed by atoms with E-state index in [0.29, 0.717) is 0 Å². The number of carboxylic acid groups (broad SMARTS) is 1. The first-order chi connectivity index (χ1) is 9.33. The largest absolute Gasteiger partial charge is 0.478 e. The Morgan fingerprint density at radius 2 is 2.15 bits per heavy atom. The smallest absolute Gasteiger partial charge is 0.340 e. The molecule has 0 saturated heterocycles. The number of hydrogen-bond donors (Lipinski definition) is 3. The first-order valence-electron chi connectivity index (χ1n) is 5.37. The van der Waals surface area contributed by atoms with E-state index in [1.54, 1.807) is 0 Å². The Kier molecular flexibility index (Phi) is 3.45. The fourth-order valence-corrected chi connectivity index (χ4v) is 2.76. The summed E-state index contributed by atoms with van der Waals surface area (Å²) in [6, 6.07) is 3.89. The van der Waals surface area contributed by atoms with Crippen molar-refractivity contribution in [3.05, 3.63) is 41.3 Å². The molecule has 1 heterocycles. The summed E-state index contributed by atoms with van der Waals surface area (Å²) in [5, 5.41) is 13.8. The lowest BCUT2D eigenvalue weighted by atomic mass is 10.2. The number of benzene rings is 1. The second-order valence-electron chi connectivity index (χ2n) is 3.94. The minimum atomic E-state index is -4.20. The molecule has 0 unspecified atom stereocenters. The van der Waals surface area contributed by atoms with E-state index in [-0.39, 0.29) is 11.3 Å². The number of carboxylic acids is 1. The lowest BCUT2D eigenvalue weighted by Gasteiger charge is -2.10. The van der Waals surface area contributed by atoms with Gasteiger partial charge in [-0.15, -0.1) is 0 Å². The van der Waals surface area contributed by atoms with Crippen molar-refractivity contribution in [3.8, 4) is 0 Å². The number of hydrogen-bond acceptors (Lipinski definition) is 4. The standard InChI is InChI=1S/C11H10FN3O4S/c1-6-8(12)3-2-4-9(6)15-20(18,19)10-7(11(16)17)5-13-14-10/h2-5,15H,1H3,(H,13,14)(H,16,17). The Hall–Kier alpha value is -2.42. The van der Waals surface area contributed by atoms with Crippen LogP contribution in [0, 0.1) is 12.7 Å². The van der Waals surface area contributed by atoms with Crippen LogP contribution in [-0.2, 0) is 10.0 Å². The summed E-state index contributed by atoms with van der Waals surface area (Å²) in [4.78, 5) is 10.9. The van der Waals surface area contributed by atoms with E-state index in [0.717, 1.165) is 6.20 Å².